The molecule has 0 radical (unpaired) electrons. The summed E-state index contributed by atoms with van der Waals surface area (Å²) < 4.78 is 0. The highest BCUT2D eigenvalue weighted by atomic mass is 28.3. The van der Waals surface area contributed by atoms with Gasteiger partial charge in [-0.25, -0.2) is 0 Å². The van der Waals surface area contributed by atoms with E-state index in [-0.39, 0.29) is 5.91 Å². The van der Waals surface area contributed by atoms with E-state index in [1.54, 1.807) is 5.20 Å². The Morgan fingerprint density at radius 2 is 1.70 bits per heavy atom. The maximum atomic E-state index is 12.4. The molecule has 0 heterocycles. The quantitative estimate of drug-likeness (QED) is 0.501. The van der Waals surface area contributed by atoms with Gasteiger partial charge >= 0.3 is 0 Å². The molecule has 0 saturated heterocycles. The van der Waals surface area contributed by atoms with E-state index in [4.69, 9.17) is 5.73 Å². The third-order valence-electron chi connectivity index (χ3n) is 6.51. The number of nitrogens with two attached hydrogens (primary N) is 1. The highest BCUT2D eigenvalue weighted by Gasteiger charge is 2.31. The van der Waals surface area contributed by atoms with Gasteiger partial charge in [0.05, 0.1) is 13.5 Å². The van der Waals surface area contributed by atoms with Gasteiger partial charge in [-0.3, -0.25) is 4.79 Å². The smallest absolute Gasteiger partial charge is 0.223 e. The van der Waals surface area contributed by atoms with Crippen molar-refractivity contribution in [1.29, 1.82) is 0 Å². The van der Waals surface area contributed by atoms with Crippen LogP contribution in [0.5, 0.6) is 0 Å². The summed E-state index contributed by atoms with van der Waals surface area (Å²) >= 11 is 0. The van der Waals surface area contributed by atoms with Crippen molar-refractivity contribution in [1.82, 2.24) is 0 Å². The minimum atomic E-state index is -1.31. The minimum absolute atomic E-state index is 0.221. The summed E-state index contributed by atoms with van der Waals surface area (Å²) in [6.45, 7) is 11.5. The first-order chi connectivity index (χ1) is 14.1. The van der Waals surface area contributed by atoms with Crippen LogP contribution in [0.4, 0.5) is 0 Å². The van der Waals surface area contributed by atoms with Crippen LogP contribution in [-0.2, 0) is 17.6 Å². The van der Waals surface area contributed by atoms with E-state index in [1.165, 1.54) is 27.8 Å². The molecule has 2 aromatic rings. The molecule has 2 N–H and O–H groups in total. The number of carbonyl (C=O) groups is 1. The molecule has 0 aromatic heterocycles. The third-order valence-corrected chi connectivity index (χ3v) is 8.90. The number of allylic oxidation sites excluding steroid dienone is 4. The van der Waals surface area contributed by atoms with Gasteiger partial charge in [0, 0.05) is 0 Å². The van der Waals surface area contributed by atoms with E-state index in [0.29, 0.717) is 6.42 Å². The highest BCUT2D eigenvalue weighted by molar-refractivity contribution is 6.83. The van der Waals surface area contributed by atoms with Crippen LogP contribution in [0, 0.1) is 5.41 Å². The lowest BCUT2D eigenvalue weighted by molar-refractivity contribution is -0.127. The highest BCUT2D eigenvalue weighted by Crippen LogP contribution is 2.38. The fraction of sp³-hybridized carbons (Fsp3) is 0.370. The lowest BCUT2D eigenvalue weighted by Gasteiger charge is -2.26. The Balaban J connectivity index is 1.81. The van der Waals surface area contributed by atoms with Crippen LogP contribution in [-0.4, -0.2) is 14.0 Å². The first-order valence-electron chi connectivity index (χ1n) is 10.9. The summed E-state index contributed by atoms with van der Waals surface area (Å²) in [4.78, 5) is 12.4. The Hall–Kier alpha value is -2.39. The van der Waals surface area contributed by atoms with Gasteiger partial charge in [0.25, 0.3) is 0 Å². The van der Waals surface area contributed by atoms with Crippen molar-refractivity contribution in [3.05, 3.63) is 88.1 Å². The molecule has 2 nitrogen and oxygen atoms in total. The molecule has 1 aliphatic carbocycles. The van der Waals surface area contributed by atoms with Crippen LogP contribution >= 0.6 is 0 Å². The lowest BCUT2D eigenvalue weighted by atomic mass is 9.77. The molecule has 1 amide bonds. The van der Waals surface area contributed by atoms with Gasteiger partial charge in [0.1, 0.15) is 0 Å². The SMILES string of the molecule is CC1=C([Si](C)(C)C)CC=C1c1cccc(CC(C)(CCc2ccccc2)C(N)=O)c1. The van der Waals surface area contributed by atoms with Crippen LogP contribution in [0.2, 0.25) is 19.6 Å². The molecule has 158 valence electrons. The van der Waals surface area contributed by atoms with Gasteiger partial charge in [0.2, 0.25) is 5.91 Å². The Morgan fingerprint density at radius 3 is 2.30 bits per heavy atom. The molecular formula is C27H35NOSi. The maximum Gasteiger partial charge on any atom is 0.223 e. The first-order valence-corrected chi connectivity index (χ1v) is 14.4. The van der Waals surface area contributed by atoms with Gasteiger partial charge in [-0.05, 0) is 60.4 Å². The van der Waals surface area contributed by atoms with Gasteiger partial charge in [0.15, 0.2) is 0 Å². The zero-order chi connectivity index (χ0) is 21.9. The zero-order valence-corrected chi connectivity index (χ0v) is 20.1. The summed E-state index contributed by atoms with van der Waals surface area (Å²) in [6, 6.07) is 19.0. The molecule has 3 rings (SSSR count). The molecule has 30 heavy (non-hydrogen) atoms. The average Bonchev–Trinajstić information content (AvgIpc) is 3.09. The molecule has 0 spiro atoms. The fourth-order valence-electron chi connectivity index (χ4n) is 4.54. The maximum absolute atomic E-state index is 12.4. The summed E-state index contributed by atoms with van der Waals surface area (Å²) in [6.07, 6.45) is 5.73. The third kappa shape index (κ3) is 5.01. The molecule has 0 saturated carbocycles. The number of hydrogen-bond acceptors (Lipinski definition) is 1. The van der Waals surface area contributed by atoms with E-state index in [0.717, 1.165) is 19.3 Å². The number of aryl methyl sites for hydroxylation is 1. The lowest BCUT2D eigenvalue weighted by Crippen LogP contribution is -2.36. The number of primary amides is 1. The summed E-state index contributed by atoms with van der Waals surface area (Å²) in [7, 11) is -1.31. The molecule has 0 bridgehead atoms. The number of benzene rings is 2. The van der Waals surface area contributed by atoms with Gasteiger partial charge in [-0.1, -0.05) is 92.4 Å². The molecule has 0 fully saturated rings. The topological polar surface area (TPSA) is 43.1 Å². The van der Waals surface area contributed by atoms with Crippen molar-refractivity contribution in [2.45, 2.75) is 59.2 Å². The van der Waals surface area contributed by atoms with Gasteiger partial charge < -0.3 is 5.73 Å². The number of amides is 1. The van der Waals surface area contributed by atoms with Gasteiger partial charge in [-0.15, -0.1) is 0 Å². The van der Waals surface area contributed by atoms with Crippen molar-refractivity contribution in [2.24, 2.45) is 11.1 Å². The van der Waals surface area contributed by atoms with Crippen LogP contribution < -0.4 is 5.73 Å². The Bertz CT molecular complexity index is 981. The van der Waals surface area contributed by atoms with Crippen molar-refractivity contribution in [3.63, 3.8) is 0 Å². The van der Waals surface area contributed by atoms with Crippen LogP contribution in [0.1, 0.15) is 43.4 Å². The van der Waals surface area contributed by atoms with Crippen molar-refractivity contribution in [2.75, 3.05) is 0 Å². The monoisotopic (exact) mass is 417 g/mol. The van der Waals surface area contributed by atoms with Gasteiger partial charge in [-0.2, -0.15) is 0 Å². The molecule has 1 unspecified atom stereocenters. The Kier molecular flexibility index (Phi) is 6.52. The average molecular weight is 418 g/mol. The second-order valence-electron chi connectivity index (χ2n) is 9.96. The zero-order valence-electron chi connectivity index (χ0n) is 19.1. The molecule has 1 atom stereocenters. The molecular weight excluding hydrogens is 382 g/mol. The van der Waals surface area contributed by atoms with Crippen molar-refractivity contribution < 1.29 is 4.79 Å². The predicted octanol–water partition coefficient (Wildman–Crippen LogP) is 6.33. The predicted molar refractivity (Wildman–Crippen MR) is 131 cm³/mol. The van der Waals surface area contributed by atoms with Crippen molar-refractivity contribution in [3.8, 4) is 0 Å². The Morgan fingerprint density at radius 1 is 1.03 bits per heavy atom. The fourth-order valence-corrected chi connectivity index (χ4v) is 6.51. The van der Waals surface area contributed by atoms with Crippen molar-refractivity contribution >= 4 is 19.6 Å². The van der Waals surface area contributed by atoms with E-state index >= 15 is 0 Å². The number of carbonyl (C=O) groups excluding carboxylic acids is 1. The second kappa shape index (κ2) is 8.77. The van der Waals surface area contributed by atoms with E-state index in [2.05, 4.69) is 69.0 Å². The van der Waals surface area contributed by atoms with Crippen LogP contribution in [0.25, 0.3) is 5.57 Å². The number of hydrogen-bond donors (Lipinski definition) is 1. The standard InChI is InChI=1S/C27H35NOSi/c1-20-24(14-15-25(20)30(3,4)5)23-13-9-12-22(18-23)19-27(2,26(28)29)17-16-21-10-7-6-8-11-21/h6-14,18H,15-17,19H2,1-5H3,(H2,28,29). The number of rotatable bonds is 8. The summed E-state index contributed by atoms with van der Waals surface area (Å²) in [5.74, 6) is -0.221. The van der Waals surface area contributed by atoms with E-state index < -0.39 is 13.5 Å². The first kappa shape index (κ1) is 22.3. The molecule has 1 aliphatic rings. The molecule has 0 aliphatic heterocycles. The second-order valence-corrected chi connectivity index (χ2v) is 15.1. The normalized spacial score (nSPS) is 16.4. The Labute approximate surface area is 182 Å². The van der Waals surface area contributed by atoms with Crippen LogP contribution in [0.15, 0.2) is 71.4 Å². The van der Waals surface area contributed by atoms with E-state index in [9.17, 15) is 4.79 Å². The van der Waals surface area contributed by atoms with E-state index in [1.807, 2.05) is 25.1 Å². The molecule has 2 aromatic carbocycles. The summed E-state index contributed by atoms with van der Waals surface area (Å²) in [5, 5.41) is 1.65. The minimum Gasteiger partial charge on any atom is -0.369 e. The molecule has 3 heteroatoms. The van der Waals surface area contributed by atoms with Crippen LogP contribution in [0.3, 0.4) is 0 Å². The summed E-state index contributed by atoms with van der Waals surface area (Å²) in [5.41, 5.74) is 11.8. The largest absolute Gasteiger partial charge is 0.369 e.